The maximum absolute atomic E-state index is 12.4. The minimum absolute atomic E-state index is 0.0635. The van der Waals surface area contributed by atoms with Crippen LogP contribution in [0, 0.1) is 10.1 Å². The van der Waals surface area contributed by atoms with E-state index in [4.69, 9.17) is 5.11 Å². The van der Waals surface area contributed by atoms with Crippen molar-refractivity contribution in [3.63, 3.8) is 0 Å². The average molecular weight is 278 g/mol. The first-order valence-corrected chi connectivity index (χ1v) is 6.13. The van der Waals surface area contributed by atoms with Gasteiger partial charge in [0.2, 0.25) is 11.2 Å². The van der Waals surface area contributed by atoms with Crippen LogP contribution in [-0.4, -0.2) is 42.5 Å². The molecule has 1 aromatic rings. The Morgan fingerprint density at radius 1 is 1.25 bits per heavy atom. The quantitative estimate of drug-likeness (QED) is 0.651. The summed E-state index contributed by atoms with van der Waals surface area (Å²) in [4.78, 5) is 27.2. The summed E-state index contributed by atoms with van der Waals surface area (Å²) in [5, 5.41) is 21.3. The third-order valence-corrected chi connectivity index (χ3v) is 4.09. The fourth-order valence-electron chi connectivity index (χ4n) is 2.00. The van der Waals surface area contributed by atoms with Gasteiger partial charge in [-0.15, -0.1) is 4.74 Å². The van der Waals surface area contributed by atoms with Crippen LogP contribution in [0.15, 0.2) is 18.2 Å². The van der Waals surface area contributed by atoms with E-state index in [2.05, 4.69) is 4.98 Å². The Balaban J connectivity index is 2.64. The van der Waals surface area contributed by atoms with E-state index in [1.807, 2.05) is 0 Å². The molecule has 1 N–H and O–H groups in total. The van der Waals surface area contributed by atoms with Gasteiger partial charge >= 0.3 is 11.8 Å². The SMILES string of the molecule is CC1(C)[N+](=O)C(c2cccc(C(=O)O)n2)=[N+]([O-])C1(C)C. The largest absolute Gasteiger partial charge is 0.618 e. The molecule has 0 saturated carbocycles. The molecule has 0 radical (unpaired) electrons. The molecule has 1 aliphatic rings. The van der Waals surface area contributed by atoms with Crippen molar-refractivity contribution in [3.05, 3.63) is 39.7 Å². The number of hydrogen-bond donors (Lipinski definition) is 1. The summed E-state index contributed by atoms with van der Waals surface area (Å²) >= 11 is 0. The van der Waals surface area contributed by atoms with E-state index in [1.54, 1.807) is 27.7 Å². The van der Waals surface area contributed by atoms with Gasteiger partial charge < -0.3 is 10.3 Å². The van der Waals surface area contributed by atoms with Gasteiger partial charge in [0.05, 0.1) is 0 Å². The predicted molar refractivity (Wildman–Crippen MR) is 70.7 cm³/mol. The van der Waals surface area contributed by atoms with E-state index < -0.39 is 17.0 Å². The minimum atomic E-state index is -1.21. The molecule has 0 amide bonds. The van der Waals surface area contributed by atoms with Gasteiger partial charge in [0.15, 0.2) is 0 Å². The second-order valence-electron chi connectivity index (χ2n) is 5.74. The number of hydroxylamine groups is 1. The number of aromatic nitrogens is 1. The second-order valence-corrected chi connectivity index (χ2v) is 5.74. The number of amidine groups is 1. The van der Waals surface area contributed by atoms with Gasteiger partial charge in [-0.05, 0) is 12.1 Å². The van der Waals surface area contributed by atoms with Crippen LogP contribution in [0.3, 0.4) is 0 Å². The molecule has 0 bridgehead atoms. The van der Waals surface area contributed by atoms with Crippen molar-refractivity contribution in [2.24, 2.45) is 0 Å². The molecule has 7 nitrogen and oxygen atoms in total. The average Bonchev–Trinajstić information content (AvgIpc) is 2.49. The Kier molecular flexibility index (Phi) is 2.89. The molecule has 106 valence electrons. The smallest absolute Gasteiger partial charge is 0.523 e. The lowest BCUT2D eigenvalue weighted by molar-refractivity contribution is -0.555. The van der Waals surface area contributed by atoms with Gasteiger partial charge in [-0.1, -0.05) is 6.07 Å². The van der Waals surface area contributed by atoms with Crippen LogP contribution in [0.2, 0.25) is 0 Å². The molecule has 0 unspecified atom stereocenters. The van der Waals surface area contributed by atoms with Crippen molar-refractivity contribution in [1.29, 1.82) is 0 Å². The molecule has 0 aromatic carbocycles. The standard InChI is InChI=1S/C13H15N3O4/c1-12(2)13(3,4)16(20)10(15(12)19)8-6-5-7-9(14-8)11(17)18/h5-7H,1-4H3/p+1. The molecule has 0 spiro atoms. The number of rotatable bonds is 2. The zero-order valence-corrected chi connectivity index (χ0v) is 11.7. The second kappa shape index (κ2) is 4.09. The van der Waals surface area contributed by atoms with Crippen LogP contribution in [0.1, 0.15) is 43.9 Å². The normalized spacial score (nSPS) is 20.3. The molecule has 0 atom stereocenters. The lowest BCUT2D eigenvalue weighted by Gasteiger charge is -2.22. The Morgan fingerprint density at radius 3 is 2.30 bits per heavy atom. The van der Waals surface area contributed by atoms with E-state index in [0.29, 0.717) is 9.50 Å². The molecule has 0 aliphatic carbocycles. The lowest BCUT2D eigenvalue weighted by atomic mass is 9.84. The summed E-state index contributed by atoms with van der Waals surface area (Å²) in [6.07, 6.45) is 0. The molecular weight excluding hydrogens is 262 g/mol. The Hall–Kier alpha value is -2.31. The van der Waals surface area contributed by atoms with E-state index in [1.165, 1.54) is 18.2 Å². The third-order valence-electron chi connectivity index (χ3n) is 4.09. The van der Waals surface area contributed by atoms with E-state index in [0.717, 1.165) is 0 Å². The van der Waals surface area contributed by atoms with Crippen LogP contribution in [-0.2, 0) is 0 Å². The third kappa shape index (κ3) is 1.70. The molecule has 0 saturated heterocycles. The molecule has 7 heteroatoms. The Bertz CT molecular complexity index is 647. The molecule has 20 heavy (non-hydrogen) atoms. The highest BCUT2D eigenvalue weighted by molar-refractivity contribution is 5.90. The van der Waals surface area contributed by atoms with Crippen LogP contribution in [0.25, 0.3) is 0 Å². The van der Waals surface area contributed by atoms with Gasteiger partial charge in [0.25, 0.3) is 5.54 Å². The summed E-state index contributed by atoms with van der Waals surface area (Å²) in [7, 11) is 0. The van der Waals surface area contributed by atoms with Crippen molar-refractivity contribution in [2.45, 2.75) is 38.8 Å². The van der Waals surface area contributed by atoms with Crippen molar-refractivity contribution < 1.29 is 19.4 Å². The van der Waals surface area contributed by atoms with E-state index in [9.17, 15) is 14.9 Å². The minimum Gasteiger partial charge on any atom is -0.618 e. The molecule has 1 aromatic heterocycles. The first kappa shape index (κ1) is 14.1. The van der Waals surface area contributed by atoms with Crippen molar-refractivity contribution in [2.75, 3.05) is 0 Å². The summed E-state index contributed by atoms with van der Waals surface area (Å²) in [5.41, 5.74) is -2.05. The Labute approximate surface area is 115 Å². The van der Waals surface area contributed by atoms with Crippen molar-refractivity contribution in [1.82, 2.24) is 4.98 Å². The summed E-state index contributed by atoms with van der Waals surface area (Å²) < 4.78 is 1.21. The van der Waals surface area contributed by atoms with E-state index in [-0.39, 0.29) is 17.2 Å². The number of aromatic carboxylic acids is 1. The highest BCUT2D eigenvalue weighted by Gasteiger charge is 2.68. The van der Waals surface area contributed by atoms with Crippen LogP contribution >= 0.6 is 0 Å². The first-order chi connectivity index (χ1) is 9.10. The van der Waals surface area contributed by atoms with Gasteiger partial charge in [0, 0.05) is 32.6 Å². The van der Waals surface area contributed by atoms with Gasteiger partial charge in [-0.25, -0.2) is 9.78 Å². The number of nitrogens with zero attached hydrogens (tertiary/aromatic N) is 3. The van der Waals surface area contributed by atoms with Crippen LogP contribution < -0.4 is 0 Å². The topological polar surface area (TPSA) is 96.3 Å². The number of pyridine rings is 1. The summed E-state index contributed by atoms with van der Waals surface area (Å²) in [6, 6.07) is 4.22. The number of carboxylic acids is 1. The summed E-state index contributed by atoms with van der Waals surface area (Å²) in [5.74, 6) is -1.37. The predicted octanol–water partition coefficient (Wildman–Crippen LogP) is 1.39. The van der Waals surface area contributed by atoms with Crippen LogP contribution in [0.4, 0.5) is 0 Å². The zero-order chi connectivity index (χ0) is 15.3. The van der Waals surface area contributed by atoms with Gasteiger partial charge in [-0.3, -0.25) is 0 Å². The van der Waals surface area contributed by atoms with Gasteiger partial charge in [0.1, 0.15) is 10.5 Å². The molecular formula is C13H16N3O4+. The highest BCUT2D eigenvalue weighted by Crippen LogP contribution is 2.34. The molecule has 0 fully saturated rings. The lowest BCUT2D eigenvalue weighted by Crippen LogP contribution is -2.50. The number of nitroso groups, excluding NO2 is 1. The Morgan fingerprint density at radius 2 is 1.85 bits per heavy atom. The fraction of sp³-hybridized carbons (Fsp3) is 0.462. The van der Waals surface area contributed by atoms with E-state index >= 15 is 0 Å². The molecule has 2 rings (SSSR count). The first-order valence-electron chi connectivity index (χ1n) is 6.13. The maximum Gasteiger partial charge on any atom is 0.523 e. The number of hydrogen-bond acceptors (Lipinski definition) is 4. The molecule has 1 aliphatic heterocycles. The zero-order valence-electron chi connectivity index (χ0n) is 11.7. The summed E-state index contributed by atoms with van der Waals surface area (Å²) in [6.45, 7) is 6.66. The number of carbonyl (C=O) groups is 1. The number of carboxylic acid groups (broad SMARTS) is 1. The molecule has 2 heterocycles. The van der Waals surface area contributed by atoms with Crippen LogP contribution in [0.5, 0.6) is 0 Å². The highest BCUT2D eigenvalue weighted by atomic mass is 16.5. The maximum atomic E-state index is 12.4. The monoisotopic (exact) mass is 278 g/mol. The van der Waals surface area contributed by atoms with Crippen molar-refractivity contribution in [3.8, 4) is 0 Å². The van der Waals surface area contributed by atoms with Gasteiger partial charge in [-0.2, -0.15) is 0 Å². The fourth-order valence-corrected chi connectivity index (χ4v) is 2.00. The van der Waals surface area contributed by atoms with Crippen molar-refractivity contribution >= 4 is 11.8 Å².